The van der Waals surface area contributed by atoms with Crippen LogP contribution < -0.4 is 85.1 Å². The molecule has 10 heterocycles. The van der Waals surface area contributed by atoms with Crippen LogP contribution in [0.1, 0.15) is 245 Å². The van der Waals surface area contributed by atoms with Gasteiger partial charge in [0.1, 0.15) is 0 Å². The van der Waals surface area contributed by atoms with Gasteiger partial charge in [0.25, 0.3) is 0 Å². The van der Waals surface area contributed by atoms with Crippen LogP contribution in [0.2, 0.25) is 0 Å². The predicted octanol–water partition coefficient (Wildman–Crippen LogP) is 8.89. The van der Waals surface area contributed by atoms with Gasteiger partial charge in [0.2, 0.25) is 0 Å². The van der Waals surface area contributed by atoms with Crippen molar-refractivity contribution in [3.63, 3.8) is 0 Å². The Morgan fingerprint density at radius 2 is 0.344 bits per heavy atom. The summed E-state index contributed by atoms with van der Waals surface area (Å²) in [5, 5.41) is 68.5. The van der Waals surface area contributed by atoms with Crippen LogP contribution in [0.5, 0.6) is 0 Å². The van der Waals surface area contributed by atoms with E-state index in [-0.39, 0.29) is 24.8 Å². The fourth-order valence-corrected chi connectivity index (χ4v) is 26.0. The zero-order chi connectivity index (χ0) is 58.4. The maximum Gasteiger partial charge on any atom is 0.0631 e. The average Bonchev–Trinajstić information content (AvgIpc) is 1.85. The van der Waals surface area contributed by atoms with Crippen molar-refractivity contribution in [2.45, 2.75) is 344 Å². The first-order valence-electron chi connectivity index (χ1n) is 39.7. The number of hydrogen-bond donors (Lipinski definition) is 16. The molecule has 90 heavy (non-hydrogen) atoms. The molecule has 10 saturated heterocycles. The molecular formula is C72H130Cl2N16. The molecule has 0 aromatic heterocycles. The summed E-state index contributed by atoms with van der Waals surface area (Å²) in [6, 6.07) is 0. The lowest BCUT2D eigenvalue weighted by atomic mass is 9.69. The molecule has 18 heteroatoms. The molecule has 16 bridgehead atoms. The van der Waals surface area contributed by atoms with E-state index in [0.717, 1.165) is 107 Å². The molecule has 34 unspecified atom stereocenters. The summed E-state index contributed by atoms with van der Waals surface area (Å²) in [6.07, 6.45) is 56.5. The van der Waals surface area contributed by atoms with Gasteiger partial charge in [-0.25, -0.2) is 0 Å². The molecule has 18 fully saturated rings. The minimum absolute atomic E-state index is 0. The predicted molar refractivity (Wildman–Crippen MR) is 366 cm³/mol. The first-order chi connectivity index (χ1) is 43.5. The molecule has 16 nitrogen and oxygen atoms in total. The maximum absolute atomic E-state index is 4.37. The van der Waals surface area contributed by atoms with E-state index in [9.17, 15) is 0 Å². The first kappa shape index (κ1) is 65.9. The Kier molecular flexibility index (Phi) is 21.2. The summed E-state index contributed by atoms with van der Waals surface area (Å²) in [4.78, 5) is 0. The van der Waals surface area contributed by atoms with Crippen molar-refractivity contribution in [3.8, 4) is 0 Å². The summed E-state index contributed by atoms with van der Waals surface area (Å²) in [6.45, 7) is 4.76. The lowest BCUT2D eigenvalue weighted by molar-refractivity contribution is 0.115. The van der Waals surface area contributed by atoms with Gasteiger partial charge in [-0.05, 0) is 196 Å². The zero-order valence-corrected chi connectivity index (χ0v) is 57.5. The molecule has 0 radical (unpaired) electrons. The van der Waals surface area contributed by atoms with Crippen LogP contribution in [0.4, 0.5) is 0 Å². The van der Waals surface area contributed by atoms with Gasteiger partial charge in [-0.15, -0.1) is 24.8 Å². The van der Waals surface area contributed by atoms with Gasteiger partial charge in [-0.2, -0.15) is 0 Å². The van der Waals surface area contributed by atoms with E-state index in [1.807, 2.05) is 0 Å². The van der Waals surface area contributed by atoms with E-state index >= 15 is 0 Å². The molecule has 0 aromatic rings. The highest BCUT2D eigenvalue weighted by Crippen LogP contribution is 2.51. The van der Waals surface area contributed by atoms with Crippen LogP contribution in [0, 0.1) is 107 Å². The van der Waals surface area contributed by atoms with Gasteiger partial charge < -0.3 is 0 Å². The topological polar surface area (TPSA) is 192 Å². The van der Waals surface area contributed by atoms with Gasteiger partial charge in [0, 0.05) is 0 Å². The van der Waals surface area contributed by atoms with Gasteiger partial charge in [0.05, 0.1) is 98.7 Å². The highest BCUT2D eigenvalue weighted by atomic mass is 35.5. The van der Waals surface area contributed by atoms with Gasteiger partial charge in [-0.1, -0.05) is 155 Å². The Bertz CT molecular complexity index is 2150. The summed E-state index contributed by atoms with van der Waals surface area (Å²) in [7, 11) is 0. The van der Waals surface area contributed by atoms with E-state index in [0.29, 0.717) is 98.7 Å². The molecule has 8 aliphatic carbocycles. The van der Waals surface area contributed by atoms with Crippen molar-refractivity contribution in [2.75, 3.05) is 0 Å². The lowest BCUT2D eigenvalue weighted by Crippen LogP contribution is -2.61. The number of rotatable bonds is 6. The summed E-state index contributed by atoms with van der Waals surface area (Å²) in [5.41, 5.74) is 0. The minimum Gasteiger partial charge on any atom is -0.286 e. The third kappa shape index (κ3) is 12.6. The molecule has 34 atom stereocenters. The lowest BCUT2D eigenvalue weighted by Gasteiger charge is -2.39. The number of halogens is 2. The Hall–Kier alpha value is -0.0600. The van der Waals surface area contributed by atoms with Crippen LogP contribution in [-0.2, 0) is 0 Å². The fourth-order valence-electron chi connectivity index (χ4n) is 26.0. The SMILES string of the molecule is CCCCC1CCCC2C3NC4NC(NC5NC(NC6NC(NC(N3)C12)C1CCCCC61)C1CCCCC51)C1CCCCC41.CCCCC1CCCC2C3NC4NC(NC5NC(NC6NC(NC(N3)C12)C1CCCCC61)C1CCCCC51)C1CCCCC41.Cl.Cl. The second-order valence-corrected chi connectivity index (χ2v) is 34.1. The summed E-state index contributed by atoms with van der Waals surface area (Å²) < 4.78 is 0. The van der Waals surface area contributed by atoms with E-state index in [4.69, 9.17) is 0 Å². The molecular weight excluding hydrogens is 1160 g/mol. The fraction of sp³-hybridized carbons (Fsp3) is 1.00. The van der Waals surface area contributed by atoms with Crippen molar-refractivity contribution in [1.82, 2.24) is 85.1 Å². The van der Waals surface area contributed by atoms with Crippen LogP contribution in [0.3, 0.4) is 0 Å². The maximum atomic E-state index is 4.37. The molecule has 0 spiro atoms. The van der Waals surface area contributed by atoms with E-state index in [1.165, 1.54) is 231 Å². The minimum atomic E-state index is 0. The van der Waals surface area contributed by atoms with E-state index in [1.54, 1.807) is 0 Å². The molecule has 18 aliphatic rings. The van der Waals surface area contributed by atoms with Gasteiger partial charge >= 0.3 is 0 Å². The van der Waals surface area contributed by atoms with Crippen molar-refractivity contribution < 1.29 is 0 Å². The number of nitrogens with one attached hydrogen (secondary N) is 16. The van der Waals surface area contributed by atoms with Crippen molar-refractivity contribution in [1.29, 1.82) is 0 Å². The Morgan fingerprint density at radius 3 is 0.522 bits per heavy atom. The monoisotopic (exact) mass is 1290 g/mol. The number of fused-ring (bicyclic) bond motifs is 40. The second-order valence-electron chi connectivity index (χ2n) is 34.1. The standard InChI is InChI=1S/2C36H64N8.2ClH/c2*1-2-3-11-20-12-10-19-27-28(20)36-43-34-26-18-9-8-17-25(26)32(41-34)39-30-22-14-5-4-13-21(22)29(37-30)38-31-23-15-6-7-16-24(23)33(40-31)42-35(27)44-36;;/h2*20-44H,2-19H2,1H3;2*1H. The molecule has 0 amide bonds. The van der Waals surface area contributed by atoms with Crippen molar-refractivity contribution >= 4 is 24.8 Å². The van der Waals surface area contributed by atoms with Crippen LogP contribution in [0.25, 0.3) is 0 Å². The Labute approximate surface area is 557 Å². The summed E-state index contributed by atoms with van der Waals surface area (Å²) in [5.74, 6) is 13.5. The van der Waals surface area contributed by atoms with Crippen LogP contribution >= 0.6 is 24.8 Å². The highest BCUT2D eigenvalue weighted by molar-refractivity contribution is 5.85. The van der Waals surface area contributed by atoms with Crippen LogP contribution in [-0.4, -0.2) is 98.7 Å². The first-order valence-corrected chi connectivity index (χ1v) is 39.7. The molecule has 16 N–H and O–H groups in total. The number of unbranched alkanes of at least 4 members (excludes halogenated alkanes) is 2. The number of hydrogen-bond acceptors (Lipinski definition) is 16. The Balaban J connectivity index is 0.000000147. The summed E-state index contributed by atoms with van der Waals surface area (Å²) >= 11 is 0. The van der Waals surface area contributed by atoms with Crippen molar-refractivity contribution in [3.05, 3.63) is 0 Å². The Morgan fingerprint density at radius 1 is 0.189 bits per heavy atom. The van der Waals surface area contributed by atoms with Gasteiger partial charge in [0.15, 0.2) is 0 Å². The van der Waals surface area contributed by atoms with E-state index in [2.05, 4.69) is 98.9 Å². The quantitative estimate of drug-likeness (QED) is 0.121. The van der Waals surface area contributed by atoms with Crippen LogP contribution in [0.15, 0.2) is 0 Å². The molecule has 18 rings (SSSR count). The highest BCUT2D eigenvalue weighted by Gasteiger charge is 2.59. The third-order valence-electron chi connectivity index (χ3n) is 29.9. The largest absolute Gasteiger partial charge is 0.286 e. The molecule has 512 valence electrons. The zero-order valence-electron chi connectivity index (χ0n) is 55.9. The van der Waals surface area contributed by atoms with Crippen molar-refractivity contribution in [2.24, 2.45) is 107 Å². The smallest absolute Gasteiger partial charge is 0.0631 e. The normalized spacial score (nSPS) is 53.9. The molecule has 0 aromatic carbocycles. The molecule has 10 aliphatic heterocycles. The second kappa shape index (κ2) is 29.0. The van der Waals surface area contributed by atoms with E-state index < -0.39 is 0 Å². The molecule has 8 saturated carbocycles. The third-order valence-corrected chi connectivity index (χ3v) is 29.9. The van der Waals surface area contributed by atoms with Gasteiger partial charge in [-0.3, -0.25) is 85.1 Å². The average molecular weight is 1290 g/mol.